The minimum Gasteiger partial charge on any atom is -0.459 e. The molecule has 0 saturated heterocycles. The van der Waals surface area contributed by atoms with Gasteiger partial charge in [0.1, 0.15) is 0 Å². The fourth-order valence-corrected chi connectivity index (χ4v) is 1.77. The van der Waals surface area contributed by atoms with Gasteiger partial charge in [-0.3, -0.25) is 0 Å². The van der Waals surface area contributed by atoms with Crippen LogP contribution in [0, 0.1) is 5.92 Å². The molecular weight excluding hydrogens is 207 g/mol. The van der Waals surface area contributed by atoms with E-state index in [-0.39, 0.29) is 24.8 Å². The monoisotopic (exact) mass is 226 g/mol. The normalized spacial score (nSPS) is 10.9. The molecule has 88 valence electrons. The Labute approximate surface area is 116 Å². The summed E-state index contributed by atoms with van der Waals surface area (Å²) in [6.07, 6.45) is 0.783. The van der Waals surface area contributed by atoms with Crippen molar-refractivity contribution in [3.63, 3.8) is 0 Å². The van der Waals surface area contributed by atoms with E-state index in [4.69, 9.17) is 4.74 Å². The van der Waals surface area contributed by atoms with Gasteiger partial charge in [-0.05, 0) is 26.0 Å². The van der Waals surface area contributed by atoms with Crippen LogP contribution in [0.1, 0.15) is 44.5 Å². The van der Waals surface area contributed by atoms with Crippen molar-refractivity contribution in [3.05, 3.63) is 41.8 Å². The number of hydrogen-bond acceptors (Lipinski definition) is 2. The first-order valence-electron chi connectivity index (χ1n) is 5.48. The zero-order valence-corrected chi connectivity index (χ0v) is 11.4. The van der Waals surface area contributed by atoms with Crippen LogP contribution in [0.3, 0.4) is 0 Å². The Morgan fingerprint density at radius 1 is 1.24 bits per heavy atom. The molecule has 0 unspecified atom stereocenters. The molecule has 1 rings (SSSR count). The van der Waals surface area contributed by atoms with Crippen molar-refractivity contribution in [1.82, 2.24) is 0 Å². The summed E-state index contributed by atoms with van der Waals surface area (Å²) in [5.74, 6) is 0.998. The zero-order chi connectivity index (χ0) is 12.2. The molecule has 0 aliphatic rings. The predicted molar refractivity (Wildman–Crippen MR) is 65.1 cm³/mol. The smallest absolute Gasteiger partial charge is 0.459 e. The quantitative estimate of drug-likeness (QED) is 0.427. The molecule has 0 aromatic heterocycles. The van der Waals surface area contributed by atoms with E-state index < -0.39 is 5.60 Å². The van der Waals surface area contributed by atoms with E-state index in [1.54, 1.807) is 12.1 Å². The standard InChI is InChI=1S/C14H19O2.Li/c1-11(2)10-14(3,4)16-13(15)12-8-6-5-7-9-12;/h5-9H,10H2,1-4H3;/q-1;+1. The van der Waals surface area contributed by atoms with Crippen molar-refractivity contribution < 1.29 is 28.4 Å². The van der Waals surface area contributed by atoms with E-state index in [0.717, 1.165) is 6.42 Å². The fourth-order valence-electron chi connectivity index (χ4n) is 1.77. The van der Waals surface area contributed by atoms with Crippen LogP contribution in [-0.2, 0) is 4.74 Å². The second-order valence-electron chi connectivity index (χ2n) is 4.90. The van der Waals surface area contributed by atoms with Gasteiger partial charge in [-0.2, -0.15) is 13.8 Å². The van der Waals surface area contributed by atoms with Gasteiger partial charge in [-0.15, -0.1) is 6.42 Å². The number of hydrogen-bond donors (Lipinski definition) is 0. The van der Waals surface area contributed by atoms with Crippen LogP contribution in [-0.4, -0.2) is 11.6 Å². The van der Waals surface area contributed by atoms with Gasteiger partial charge in [-0.1, -0.05) is 18.2 Å². The Balaban J connectivity index is 0.00000256. The molecule has 0 aliphatic carbocycles. The molecule has 0 spiro atoms. The summed E-state index contributed by atoms with van der Waals surface area (Å²) in [5, 5.41) is 0. The van der Waals surface area contributed by atoms with E-state index in [1.807, 2.05) is 45.9 Å². The van der Waals surface area contributed by atoms with Gasteiger partial charge in [0.2, 0.25) is 0 Å². The number of rotatable bonds is 4. The van der Waals surface area contributed by atoms with Crippen LogP contribution in [0.4, 0.5) is 0 Å². The third-order valence-electron chi connectivity index (χ3n) is 2.16. The summed E-state index contributed by atoms with van der Waals surface area (Å²) >= 11 is 0. The molecule has 0 aliphatic heterocycles. The maximum absolute atomic E-state index is 11.8. The van der Waals surface area contributed by atoms with Crippen molar-refractivity contribution in [2.24, 2.45) is 0 Å². The maximum Gasteiger partial charge on any atom is 1.00 e. The first kappa shape index (κ1) is 16.3. The average Bonchev–Trinajstić information content (AvgIpc) is 2.16. The minimum atomic E-state index is -0.439. The van der Waals surface area contributed by atoms with Crippen molar-refractivity contribution in [3.8, 4) is 0 Å². The van der Waals surface area contributed by atoms with Crippen LogP contribution >= 0.6 is 0 Å². The Morgan fingerprint density at radius 2 is 1.76 bits per heavy atom. The molecule has 1 aromatic carbocycles. The summed E-state index contributed by atoms with van der Waals surface area (Å²) in [6.45, 7) is 7.94. The molecule has 0 fully saturated rings. The molecule has 0 N–H and O–H groups in total. The number of benzene rings is 1. The topological polar surface area (TPSA) is 26.3 Å². The van der Waals surface area contributed by atoms with Gasteiger partial charge in [0.25, 0.3) is 0 Å². The molecule has 0 radical (unpaired) electrons. The third kappa shape index (κ3) is 5.96. The van der Waals surface area contributed by atoms with Gasteiger partial charge in [-0.25, -0.2) is 4.79 Å². The van der Waals surface area contributed by atoms with E-state index in [9.17, 15) is 4.79 Å². The molecule has 0 amide bonds. The predicted octanol–water partition coefficient (Wildman–Crippen LogP) is 0.630. The number of esters is 1. The molecule has 17 heavy (non-hydrogen) atoms. The summed E-state index contributed by atoms with van der Waals surface area (Å²) in [4.78, 5) is 11.8. The van der Waals surface area contributed by atoms with Gasteiger partial charge in [0.05, 0.1) is 11.2 Å². The second-order valence-corrected chi connectivity index (χ2v) is 4.90. The summed E-state index contributed by atoms with van der Waals surface area (Å²) < 4.78 is 5.47. The first-order chi connectivity index (χ1) is 7.41. The molecule has 0 atom stereocenters. The van der Waals surface area contributed by atoms with Crippen molar-refractivity contribution >= 4 is 5.97 Å². The summed E-state index contributed by atoms with van der Waals surface area (Å²) in [6, 6.07) is 9.08. The van der Waals surface area contributed by atoms with Crippen molar-refractivity contribution in [1.29, 1.82) is 0 Å². The molecule has 1 aromatic rings. The first-order valence-corrected chi connectivity index (χ1v) is 5.48. The van der Waals surface area contributed by atoms with Gasteiger partial charge >= 0.3 is 24.8 Å². The van der Waals surface area contributed by atoms with E-state index in [2.05, 4.69) is 0 Å². The molecule has 3 heteroatoms. The van der Waals surface area contributed by atoms with Crippen LogP contribution in [0.25, 0.3) is 0 Å². The Bertz CT molecular complexity index is 344. The number of carbonyl (C=O) groups is 1. The van der Waals surface area contributed by atoms with Crippen molar-refractivity contribution in [2.75, 3.05) is 0 Å². The Kier molecular flexibility index (Phi) is 6.60. The summed E-state index contributed by atoms with van der Waals surface area (Å²) in [5.41, 5.74) is 0.163. The van der Waals surface area contributed by atoms with Crippen LogP contribution < -0.4 is 18.9 Å². The average molecular weight is 226 g/mol. The molecule has 0 heterocycles. The zero-order valence-electron chi connectivity index (χ0n) is 11.4. The second kappa shape index (κ2) is 6.89. The fraction of sp³-hybridized carbons (Fsp3) is 0.429. The number of carbonyl (C=O) groups excluding carboxylic acids is 1. The van der Waals surface area contributed by atoms with Crippen LogP contribution in [0.5, 0.6) is 0 Å². The van der Waals surface area contributed by atoms with E-state index >= 15 is 0 Å². The largest absolute Gasteiger partial charge is 1.00 e. The molecular formula is C14H19LiO2. The Morgan fingerprint density at radius 3 is 2.24 bits per heavy atom. The third-order valence-corrected chi connectivity index (χ3v) is 2.16. The van der Waals surface area contributed by atoms with E-state index in [0.29, 0.717) is 5.56 Å². The van der Waals surface area contributed by atoms with Crippen LogP contribution in [0.15, 0.2) is 30.3 Å². The molecule has 0 bridgehead atoms. The van der Waals surface area contributed by atoms with Gasteiger partial charge in [0.15, 0.2) is 0 Å². The van der Waals surface area contributed by atoms with Gasteiger partial charge in [0, 0.05) is 0 Å². The maximum atomic E-state index is 11.8. The molecule has 2 nitrogen and oxygen atoms in total. The Hall–Kier alpha value is -0.713. The van der Waals surface area contributed by atoms with Crippen molar-refractivity contribution in [2.45, 2.75) is 39.7 Å². The van der Waals surface area contributed by atoms with Gasteiger partial charge < -0.3 is 10.7 Å². The SMILES string of the molecule is C[C-](C)CC(C)(C)OC(=O)c1ccccc1.[Li+]. The number of ether oxygens (including phenoxy) is 1. The minimum absolute atomic E-state index is 0. The molecule has 0 saturated carbocycles. The van der Waals surface area contributed by atoms with E-state index in [1.165, 1.54) is 5.92 Å². The van der Waals surface area contributed by atoms with Crippen LogP contribution in [0.2, 0.25) is 0 Å². The summed E-state index contributed by atoms with van der Waals surface area (Å²) in [7, 11) is 0.